The van der Waals surface area contributed by atoms with Crippen LogP contribution in [0.5, 0.6) is 0 Å². The summed E-state index contributed by atoms with van der Waals surface area (Å²) in [5.41, 5.74) is -0.582. The summed E-state index contributed by atoms with van der Waals surface area (Å²) in [5, 5.41) is 11.3. The molecule has 2 rings (SSSR count). The Kier molecular flexibility index (Phi) is 2.75. The Labute approximate surface area is 104 Å². The molecule has 92 valence electrons. The van der Waals surface area contributed by atoms with Crippen LogP contribution in [0, 0.1) is 11.3 Å². The van der Waals surface area contributed by atoms with Gasteiger partial charge in [0.2, 0.25) is 5.91 Å². The lowest BCUT2D eigenvalue weighted by atomic mass is 9.98. The molecule has 2 heterocycles. The number of amides is 2. The van der Waals surface area contributed by atoms with Crippen LogP contribution in [-0.4, -0.2) is 28.9 Å². The van der Waals surface area contributed by atoms with Gasteiger partial charge in [-0.25, -0.2) is 4.98 Å². The fourth-order valence-corrected chi connectivity index (χ4v) is 1.82. The van der Waals surface area contributed by atoms with Crippen LogP contribution in [0.15, 0.2) is 18.3 Å². The van der Waals surface area contributed by atoms with E-state index >= 15 is 0 Å². The van der Waals surface area contributed by atoms with E-state index in [1.807, 2.05) is 6.07 Å². The summed E-state index contributed by atoms with van der Waals surface area (Å²) >= 11 is 0. The molecule has 1 aromatic rings. The predicted octanol–water partition coefficient (Wildman–Crippen LogP) is 0.195. The number of hydrogen-bond acceptors (Lipinski definition) is 5. The molecular weight excluding hydrogens is 232 g/mol. The summed E-state index contributed by atoms with van der Waals surface area (Å²) in [5.74, 6) is -0.435. The van der Waals surface area contributed by atoms with Crippen LogP contribution in [0.3, 0.4) is 0 Å². The van der Waals surface area contributed by atoms with Gasteiger partial charge in [-0.3, -0.25) is 14.9 Å². The number of aromatic nitrogens is 1. The van der Waals surface area contributed by atoms with E-state index in [4.69, 9.17) is 5.26 Å². The van der Waals surface area contributed by atoms with Crippen LogP contribution in [0.25, 0.3) is 0 Å². The van der Waals surface area contributed by atoms with Crippen molar-refractivity contribution in [3.63, 3.8) is 0 Å². The fourth-order valence-electron chi connectivity index (χ4n) is 1.82. The molecule has 18 heavy (non-hydrogen) atoms. The maximum atomic E-state index is 11.8. The number of nitrogens with zero attached hydrogens (tertiary/aromatic N) is 3. The zero-order valence-electron chi connectivity index (χ0n) is 10.1. The summed E-state index contributed by atoms with van der Waals surface area (Å²) in [7, 11) is 0. The van der Waals surface area contributed by atoms with Gasteiger partial charge in [0.05, 0.1) is 12.1 Å². The minimum Gasteiger partial charge on any atom is -0.332 e. The first-order chi connectivity index (χ1) is 8.46. The van der Waals surface area contributed by atoms with Crippen molar-refractivity contribution in [1.29, 1.82) is 5.26 Å². The Morgan fingerprint density at radius 2 is 2.22 bits per heavy atom. The quantitative estimate of drug-likeness (QED) is 0.713. The molecule has 0 unspecified atom stereocenters. The van der Waals surface area contributed by atoms with Crippen LogP contribution in [-0.2, 0) is 9.59 Å². The van der Waals surface area contributed by atoms with E-state index in [-0.39, 0.29) is 6.54 Å². The maximum absolute atomic E-state index is 11.8. The molecule has 6 heteroatoms. The standard InChI is InChI=1S/C12H12N4O2/c1-12(2)11(18)15-9(17)7-16(12)10-8(6-13)4-3-5-14-10/h3-5H,7H2,1-2H3,(H,15,17,18). The molecule has 1 saturated heterocycles. The Hall–Kier alpha value is -2.42. The lowest BCUT2D eigenvalue weighted by Gasteiger charge is -2.41. The molecular formula is C12H12N4O2. The first-order valence-corrected chi connectivity index (χ1v) is 5.44. The van der Waals surface area contributed by atoms with Gasteiger partial charge in [0.25, 0.3) is 5.91 Å². The van der Waals surface area contributed by atoms with Gasteiger partial charge >= 0.3 is 0 Å². The summed E-state index contributed by atoms with van der Waals surface area (Å²) in [6, 6.07) is 5.26. The third-order valence-electron chi connectivity index (χ3n) is 2.95. The van der Waals surface area contributed by atoms with Crippen molar-refractivity contribution in [2.75, 3.05) is 11.4 Å². The molecule has 6 nitrogen and oxygen atoms in total. The monoisotopic (exact) mass is 244 g/mol. The Balaban J connectivity index is 2.51. The van der Waals surface area contributed by atoms with E-state index in [1.165, 1.54) is 6.20 Å². The summed E-state index contributed by atoms with van der Waals surface area (Å²) in [6.45, 7) is 3.37. The molecule has 0 aliphatic carbocycles. The smallest absolute Gasteiger partial charge is 0.251 e. The third kappa shape index (κ3) is 1.80. The second kappa shape index (κ2) is 4.11. The van der Waals surface area contributed by atoms with E-state index in [0.29, 0.717) is 11.4 Å². The fraction of sp³-hybridized carbons (Fsp3) is 0.333. The van der Waals surface area contributed by atoms with Crippen molar-refractivity contribution in [1.82, 2.24) is 10.3 Å². The maximum Gasteiger partial charge on any atom is 0.251 e. The molecule has 0 bridgehead atoms. The number of rotatable bonds is 1. The lowest BCUT2D eigenvalue weighted by Crippen LogP contribution is -2.64. The number of nitriles is 1. The van der Waals surface area contributed by atoms with Crippen molar-refractivity contribution < 1.29 is 9.59 Å². The summed E-state index contributed by atoms with van der Waals surface area (Å²) in [6.07, 6.45) is 1.53. The molecule has 1 N–H and O–H groups in total. The summed E-state index contributed by atoms with van der Waals surface area (Å²) in [4.78, 5) is 28.9. The van der Waals surface area contributed by atoms with Crippen LogP contribution < -0.4 is 10.2 Å². The minimum atomic E-state index is -0.923. The highest BCUT2D eigenvalue weighted by atomic mass is 16.2. The molecule has 0 spiro atoms. The van der Waals surface area contributed by atoms with Gasteiger partial charge in [0.1, 0.15) is 17.4 Å². The van der Waals surface area contributed by atoms with Gasteiger partial charge in [-0.15, -0.1) is 0 Å². The molecule has 0 aromatic carbocycles. The minimum absolute atomic E-state index is 0.00440. The van der Waals surface area contributed by atoms with E-state index < -0.39 is 17.4 Å². The summed E-state index contributed by atoms with van der Waals surface area (Å²) < 4.78 is 0. The third-order valence-corrected chi connectivity index (χ3v) is 2.95. The van der Waals surface area contributed by atoms with Crippen molar-refractivity contribution in [3.8, 4) is 6.07 Å². The number of imide groups is 1. The van der Waals surface area contributed by atoms with Gasteiger partial charge < -0.3 is 4.90 Å². The van der Waals surface area contributed by atoms with E-state index in [2.05, 4.69) is 10.3 Å². The number of nitrogens with one attached hydrogen (secondary N) is 1. The Morgan fingerprint density at radius 1 is 1.50 bits per heavy atom. The first kappa shape index (κ1) is 12.0. The lowest BCUT2D eigenvalue weighted by molar-refractivity contribution is -0.135. The molecule has 0 radical (unpaired) electrons. The highest BCUT2D eigenvalue weighted by molar-refractivity contribution is 6.06. The Morgan fingerprint density at radius 3 is 2.89 bits per heavy atom. The SMILES string of the molecule is CC1(C)C(=O)NC(=O)CN1c1ncccc1C#N. The van der Waals surface area contributed by atoms with Crippen LogP contribution in [0.2, 0.25) is 0 Å². The molecule has 1 aromatic heterocycles. The van der Waals surface area contributed by atoms with Crippen LogP contribution in [0.4, 0.5) is 5.82 Å². The van der Waals surface area contributed by atoms with Gasteiger partial charge in [-0.05, 0) is 26.0 Å². The first-order valence-electron chi connectivity index (χ1n) is 5.44. The average Bonchev–Trinajstić information content (AvgIpc) is 2.34. The molecule has 0 atom stereocenters. The highest BCUT2D eigenvalue weighted by Gasteiger charge is 2.42. The highest BCUT2D eigenvalue weighted by Crippen LogP contribution is 2.26. The number of hydrogen-bond donors (Lipinski definition) is 1. The van der Waals surface area contributed by atoms with Crippen molar-refractivity contribution in [2.24, 2.45) is 0 Å². The van der Waals surface area contributed by atoms with Gasteiger partial charge in [-0.2, -0.15) is 5.26 Å². The van der Waals surface area contributed by atoms with Gasteiger partial charge in [0, 0.05) is 6.20 Å². The van der Waals surface area contributed by atoms with Gasteiger partial charge in [0.15, 0.2) is 0 Å². The topological polar surface area (TPSA) is 86.1 Å². The van der Waals surface area contributed by atoms with E-state index in [9.17, 15) is 9.59 Å². The normalized spacial score (nSPS) is 18.2. The molecule has 1 fully saturated rings. The average molecular weight is 244 g/mol. The van der Waals surface area contributed by atoms with Crippen LogP contribution >= 0.6 is 0 Å². The van der Waals surface area contributed by atoms with Gasteiger partial charge in [-0.1, -0.05) is 0 Å². The molecule has 1 aliphatic rings. The molecule has 2 amide bonds. The number of carbonyl (C=O) groups is 2. The predicted molar refractivity (Wildman–Crippen MR) is 63.5 cm³/mol. The van der Waals surface area contributed by atoms with Crippen molar-refractivity contribution >= 4 is 17.6 Å². The van der Waals surface area contributed by atoms with Crippen molar-refractivity contribution in [3.05, 3.63) is 23.9 Å². The van der Waals surface area contributed by atoms with Crippen LogP contribution in [0.1, 0.15) is 19.4 Å². The number of carbonyl (C=O) groups excluding carboxylic acids is 2. The zero-order valence-corrected chi connectivity index (χ0v) is 10.1. The Bertz CT molecular complexity index is 559. The van der Waals surface area contributed by atoms with Crippen molar-refractivity contribution in [2.45, 2.75) is 19.4 Å². The second-order valence-electron chi connectivity index (χ2n) is 4.51. The number of anilines is 1. The van der Waals surface area contributed by atoms with E-state index in [0.717, 1.165) is 0 Å². The molecule has 1 aliphatic heterocycles. The number of piperazine rings is 1. The second-order valence-corrected chi connectivity index (χ2v) is 4.51. The van der Waals surface area contributed by atoms with E-state index in [1.54, 1.807) is 30.9 Å². The zero-order chi connectivity index (χ0) is 13.3. The largest absolute Gasteiger partial charge is 0.332 e. The number of pyridine rings is 1. The molecule has 0 saturated carbocycles.